The van der Waals surface area contributed by atoms with E-state index in [0.29, 0.717) is 0 Å². The van der Waals surface area contributed by atoms with Crippen molar-refractivity contribution < 1.29 is 0 Å². The van der Waals surface area contributed by atoms with Crippen LogP contribution in [0.15, 0.2) is 24.5 Å². The molecular weight excluding hydrogens is 212 g/mol. The van der Waals surface area contributed by atoms with Gasteiger partial charge in [-0.25, -0.2) is 0 Å². The van der Waals surface area contributed by atoms with Crippen molar-refractivity contribution in [2.45, 2.75) is 6.54 Å². The van der Waals surface area contributed by atoms with Gasteiger partial charge in [0.25, 0.3) is 0 Å². The van der Waals surface area contributed by atoms with E-state index in [4.69, 9.17) is 0 Å². The molecule has 0 amide bonds. The van der Waals surface area contributed by atoms with Crippen LogP contribution in [0.5, 0.6) is 0 Å². The summed E-state index contributed by atoms with van der Waals surface area (Å²) in [5, 5.41) is 3.42. The van der Waals surface area contributed by atoms with E-state index < -0.39 is 0 Å². The largest absolute Gasteiger partial charge is 0.311 e. The van der Waals surface area contributed by atoms with E-state index in [2.05, 4.69) is 47.3 Å². The lowest BCUT2D eigenvalue weighted by molar-refractivity contribution is 0.281. The fourth-order valence-electron chi connectivity index (χ4n) is 1.49. The topological polar surface area (TPSA) is 31.4 Å². The summed E-state index contributed by atoms with van der Waals surface area (Å²) >= 11 is 0. The molecule has 4 nitrogen and oxygen atoms in total. The van der Waals surface area contributed by atoms with Gasteiger partial charge in [0.2, 0.25) is 0 Å². The van der Waals surface area contributed by atoms with E-state index in [0.717, 1.165) is 32.7 Å². The van der Waals surface area contributed by atoms with Crippen LogP contribution < -0.4 is 5.32 Å². The molecule has 0 saturated carbocycles. The number of hydrogen-bond donors (Lipinski definition) is 1. The molecule has 1 aromatic rings. The number of aromatic nitrogens is 1. The molecular formula is C13H24N4. The van der Waals surface area contributed by atoms with Gasteiger partial charge >= 0.3 is 0 Å². The van der Waals surface area contributed by atoms with Crippen molar-refractivity contribution in [1.29, 1.82) is 0 Å². The highest BCUT2D eigenvalue weighted by Crippen LogP contribution is 1.93. The number of nitrogens with one attached hydrogen (secondary N) is 1. The summed E-state index contributed by atoms with van der Waals surface area (Å²) in [6.45, 7) is 5.21. The van der Waals surface area contributed by atoms with Crippen molar-refractivity contribution in [2.75, 3.05) is 47.3 Å². The van der Waals surface area contributed by atoms with Gasteiger partial charge in [-0.05, 0) is 32.8 Å². The average molecular weight is 236 g/mol. The summed E-state index contributed by atoms with van der Waals surface area (Å²) in [5.41, 5.74) is 1.24. The van der Waals surface area contributed by atoms with Crippen molar-refractivity contribution in [3.05, 3.63) is 30.1 Å². The Kier molecular flexibility index (Phi) is 6.77. The van der Waals surface area contributed by atoms with Crippen LogP contribution in [-0.2, 0) is 6.54 Å². The van der Waals surface area contributed by atoms with Crippen molar-refractivity contribution >= 4 is 0 Å². The number of hydrogen-bond acceptors (Lipinski definition) is 4. The van der Waals surface area contributed by atoms with Gasteiger partial charge in [0.1, 0.15) is 0 Å². The molecule has 0 atom stereocenters. The zero-order valence-corrected chi connectivity index (χ0v) is 11.2. The molecule has 17 heavy (non-hydrogen) atoms. The first-order valence-corrected chi connectivity index (χ1v) is 6.11. The van der Waals surface area contributed by atoms with Gasteiger partial charge < -0.3 is 15.1 Å². The van der Waals surface area contributed by atoms with Crippen LogP contribution in [0, 0.1) is 0 Å². The lowest BCUT2D eigenvalue weighted by atomic mass is 10.3. The highest BCUT2D eigenvalue weighted by molar-refractivity contribution is 5.07. The van der Waals surface area contributed by atoms with Crippen LogP contribution in [-0.4, -0.2) is 62.1 Å². The molecule has 0 aliphatic rings. The predicted octanol–water partition coefficient (Wildman–Crippen LogP) is 0.665. The first kappa shape index (κ1) is 14.1. The highest BCUT2D eigenvalue weighted by atomic mass is 15.2. The average Bonchev–Trinajstić information content (AvgIpc) is 2.33. The zero-order valence-electron chi connectivity index (χ0n) is 11.2. The molecule has 1 N–H and O–H groups in total. The Balaban J connectivity index is 2.04. The fraction of sp³-hybridized carbons (Fsp3) is 0.615. The number of pyridine rings is 1. The second-order valence-electron chi connectivity index (χ2n) is 4.64. The van der Waals surface area contributed by atoms with Crippen LogP contribution in [0.25, 0.3) is 0 Å². The standard InChI is InChI=1S/C13H24N4/c1-16(2)9-10-17(3)8-7-15-12-13-5-4-6-14-11-13/h4-6,11,15H,7-10,12H2,1-3H3. The maximum atomic E-state index is 4.09. The third-order valence-corrected chi connectivity index (χ3v) is 2.65. The third kappa shape index (κ3) is 7.05. The Morgan fingerprint density at radius 2 is 2.00 bits per heavy atom. The highest BCUT2D eigenvalue weighted by Gasteiger charge is 1.98. The van der Waals surface area contributed by atoms with Crippen LogP contribution >= 0.6 is 0 Å². The van der Waals surface area contributed by atoms with Gasteiger partial charge in [-0.1, -0.05) is 6.07 Å². The lowest BCUT2D eigenvalue weighted by Gasteiger charge is -2.19. The van der Waals surface area contributed by atoms with Gasteiger partial charge in [0.05, 0.1) is 0 Å². The van der Waals surface area contributed by atoms with Crippen LogP contribution in [0.1, 0.15) is 5.56 Å². The van der Waals surface area contributed by atoms with E-state index in [1.165, 1.54) is 5.56 Å². The summed E-state index contributed by atoms with van der Waals surface area (Å²) in [6.07, 6.45) is 3.71. The zero-order chi connectivity index (χ0) is 12.5. The molecule has 0 fully saturated rings. The lowest BCUT2D eigenvalue weighted by Crippen LogP contribution is -2.33. The van der Waals surface area contributed by atoms with E-state index >= 15 is 0 Å². The van der Waals surface area contributed by atoms with Crippen molar-refractivity contribution in [3.63, 3.8) is 0 Å². The first-order valence-electron chi connectivity index (χ1n) is 6.11. The summed E-state index contributed by atoms with van der Waals surface area (Å²) in [7, 11) is 6.37. The summed E-state index contributed by atoms with van der Waals surface area (Å²) in [6, 6.07) is 4.07. The SMILES string of the molecule is CN(C)CCN(C)CCNCc1cccnc1. The van der Waals surface area contributed by atoms with Gasteiger partial charge in [-0.3, -0.25) is 4.98 Å². The van der Waals surface area contributed by atoms with E-state index in [1.54, 1.807) is 6.20 Å². The minimum atomic E-state index is 0.898. The van der Waals surface area contributed by atoms with Crippen molar-refractivity contribution in [2.24, 2.45) is 0 Å². The Hall–Kier alpha value is -0.970. The summed E-state index contributed by atoms with van der Waals surface area (Å²) in [5.74, 6) is 0. The molecule has 96 valence electrons. The second-order valence-corrected chi connectivity index (χ2v) is 4.64. The first-order chi connectivity index (χ1) is 8.18. The minimum absolute atomic E-state index is 0.898. The molecule has 0 unspecified atom stereocenters. The molecule has 1 heterocycles. The number of rotatable bonds is 8. The number of nitrogens with zero attached hydrogens (tertiary/aromatic N) is 3. The Labute approximate surface area is 105 Å². The maximum absolute atomic E-state index is 4.09. The van der Waals surface area contributed by atoms with E-state index in [-0.39, 0.29) is 0 Å². The molecule has 0 radical (unpaired) electrons. The van der Waals surface area contributed by atoms with E-state index in [9.17, 15) is 0 Å². The van der Waals surface area contributed by atoms with Crippen LogP contribution in [0.2, 0.25) is 0 Å². The van der Waals surface area contributed by atoms with Gasteiger partial charge in [-0.2, -0.15) is 0 Å². The Morgan fingerprint density at radius 1 is 1.18 bits per heavy atom. The predicted molar refractivity (Wildman–Crippen MR) is 72.0 cm³/mol. The van der Waals surface area contributed by atoms with Crippen LogP contribution in [0.3, 0.4) is 0 Å². The second kappa shape index (κ2) is 8.17. The normalized spacial score (nSPS) is 11.4. The number of likely N-dealkylation sites (N-methyl/N-ethyl adjacent to an activating group) is 2. The molecule has 4 heteroatoms. The smallest absolute Gasteiger partial charge is 0.0312 e. The molecule has 1 rings (SSSR count). The van der Waals surface area contributed by atoms with E-state index in [1.807, 2.05) is 12.3 Å². The Morgan fingerprint density at radius 3 is 2.65 bits per heavy atom. The maximum Gasteiger partial charge on any atom is 0.0312 e. The van der Waals surface area contributed by atoms with Crippen molar-refractivity contribution in [3.8, 4) is 0 Å². The molecule has 0 bridgehead atoms. The summed E-state index contributed by atoms with van der Waals surface area (Å²) < 4.78 is 0. The quantitative estimate of drug-likeness (QED) is 0.672. The fourth-order valence-corrected chi connectivity index (χ4v) is 1.49. The monoisotopic (exact) mass is 236 g/mol. The molecule has 0 aliphatic carbocycles. The van der Waals surface area contributed by atoms with Crippen molar-refractivity contribution in [1.82, 2.24) is 20.1 Å². The van der Waals surface area contributed by atoms with Gasteiger partial charge in [0, 0.05) is 45.1 Å². The molecule has 0 aromatic carbocycles. The molecule has 0 aliphatic heterocycles. The third-order valence-electron chi connectivity index (χ3n) is 2.65. The molecule has 1 aromatic heterocycles. The molecule has 0 spiro atoms. The Bertz CT molecular complexity index is 287. The van der Waals surface area contributed by atoms with Crippen LogP contribution in [0.4, 0.5) is 0 Å². The van der Waals surface area contributed by atoms with Gasteiger partial charge in [-0.15, -0.1) is 0 Å². The molecule has 0 saturated heterocycles. The van der Waals surface area contributed by atoms with Gasteiger partial charge in [0.15, 0.2) is 0 Å². The summed E-state index contributed by atoms with van der Waals surface area (Å²) in [4.78, 5) is 8.64. The minimum Gasteiger partial charge on any atom is -0.311 e.